The van der Waals surface area contributed by atoms with Gasteiger partial charge in [0.25, 0.3) is 0 Å². The zero-order valence-electron chi connectivity index (χ0n) is 14.1. The molecule has 25 heavy (non-hydrogen) atoms. The number of carbonyl (C=O) groups is 1. The van der Waals surface area contributed by atoms with Crippen LogP contribution in [0.3, 0.4) is 0 Å². The predicted octanol–water partition coefficient (Wildman–Crippen LogP) is 0.742. The van der Waals surface area contributed by atoms with E-state index >= 15 is 0 Å². The molecule has 0 aliphatic carbocycles. The van der Waals surface area contributed by atoms with Crippen LogP contribution in [0.1, 0.15) is 26.7 Å². The molecule has 1 amide bonds. The lowest BCUT2D eigenvalue weighted by Crippen LogP contribution is -2.51. The van der Waals surface area contributed by atoms with E-state index in [9.17, 15) is 22.7 Å². The van der Waals surface area contributed by atoms with Gasteiger partial charge in [0.1, 0.15) is 11.9 Å². The Kier molecular flexibility index (Phi) is 6.50. The quantitative estimate of drug-likeness (QED) is 0.653. The van der Waals surface area contributed by atoms with Crippen molar-refractivity contribution in [2.75, 3.05) is 6.61 Å². The third-order valence-electron chi connectivity index (χ3n) is 3.83. The maximum Gasteiger partial charge on any atom is 0.241 e. The van der Waals surface area contributed by atoms with Gasteiger partial charge in [-0.1, -0.05) is 13.8 Å². The molecule has 1 aliphatic heterocycles. The first-order valence-corrected chi connectivity index (χ1v) is 9.55. The highest BCUT2D eigenvalue weighted by atomic mass is 32.2. The van der Waals surface area contributed by atoms with Crippen molar-refractivity contribution in [1.29, 1.82) is 0 Å². The molecule has 1 saturated heterocycles. The third kappa shape index (κ3) is 5.46. The number of ether oxygens (including phenoxy) is 1. The van der Waals surface area contributed by atoms with Crippen LogP contribution in [0, 0.1) is 11.7 Å². The van der Waals surface area contributed by atoms with Crippen LogP contribution in [0.15, 0.2) is 29.2 Å². The zero-order valence-corrected chi connectivity index (χ0v) is 14.9. The molecule has 7 nitrogen and oxygen atoms in total. The fraction of sp³-hybridized carbons (Fsp3) is 0.562. The minimum atomic E-state index is -3.99. The Bertz CT molecular complexity index is 693. The van der Waals surface area contributed by atoms with Crippen LogP contribution in [-0.2, 0) is 19.6 Å². The molecule has 1 aromatic carbocycles. The number of amides is 1. The number of aliphatic hydroxyl groups excluding tert-OH is 1. The molecule has 0 bridgehead atoms. The monoisotopic (exact) mass is 374 g/mol. The Morgan fingerprint density at radius 1 is 1.36 bits per heavy atom. The van der Waals surface area contributed by atoms with E-state index in [-0.39, 0.29) is 17.2 Å². The molecule has 3 N–H and O–H groups in total. The number of nitrogens with one attached hydrogen (secondary N) is 2. The van der Waals surface area contributed by atoms with Gasteiger partial charge in [-0.15, -0.1) is 0 Å². The summed E-state index contributed by atoms with van der Waals surface area (Å²) in [5.41, 5.74) is 0. The van der Waals surface area contributed by atoms with Crippen molar-refractivity contribution < 1.29 is 27.4 Å². The van der Waals surface area contributed by atoms with Gasteiger partial charge in [0.2, 0.25) is 15.9 Å². The average Bonchev–Trinajstić information content (AvgIpc) is 2.91. The Morgan fingerprint density at radius 3 is 2.52 bits per heavy atom. The summed E-state index contributed by atoms with van der Waals surface area (Å²) in [5.74, 6) is -1.03. The number of rotatable bonds is 7. The van der Waals surface area contributed by atoms with E-state index in [2.05, 4.69) is 10.0 Å². The Hall–Kier alpha value is -1.55. The van der Waals surface area contributed by atoms with Crippen molar-refractivity contribution in [2.24, 2.45) is 5.92 Å². The van der Waals surface area contributed by atoms with Crippen LogP contribution in [0.4, 0.5) is 4.39 Å². The number of sulfonamides is 1. The van der Waals surface area contributed by atoms with Crippen LogP contribution >= 0.6 is 0 Å². The lowest BCUT2D eigenvalue weighted by molar-refractivity contribution is -0.127. The fourth-order valence-corrected chi connectivity index (χ4v) is 3.76. The van der Waals surface area contributed by atoms with Gasteiger partial charge in [-0.2, -0.15) is 4.72 Å². The van der Waals surface area contributed by atoms with Crippen molar-refractivity contribution in [1.82, 2.24) is 10.0 Å². The van der Waals surface area contributed by atoms with Crippen LogP contribution in [0.5, 0.6) is 0 Å². The number of benzene rings is 1. The molecule has 9 heteroatoms. The number of halogens is 1. The largest absolute Gasteiger partial charge is 0.366 e. The summed E-state index contributed by atoms with van der Waals surface area (Å²) in [7, 11) is -3.99. The standard InChI is InChI=1S/C16H23FN2O5S/c1-10(2)9-14(15(20)18-13-7-8-24-16(13)21)19-25(22,23)12-5-3-11(17)4-6-12/h3-6,10,13-14,16,19,21H,7-9H2,1-2H3,(H,18,20)/t13-,14-,16?/m0/s1. The van der Waals surface area contributed by atoms with E-state index in [0.717, 1.165) is 24.3 Å². The van der Waals surface area contributed by atoms with Crippen molar-refractivity contribution in [3.63, 3.8) is 0 Å². The summed E-state index contributed by atoms with van der Waals surface area (Å²) < 4.78 is 45.2. The van der Waals surface area contributed by atoms with Gasteiger partial charge in [-0.05, 0) is 43.0 Å². The van der Waals surface area contributed by atoms with Crippen LogP contribution in [0.2, 0.25) is 0 Å². The average molecular weight is 374 g/mol. The first kappa shape index (κ1) is 19.8. The molecule has 1 heterocycles. The first-order chi connectivity index (χ1) is 11.7. The molecule has 3 atom stereocenters. The normalized spacial score (nSPS) is 22.1. The summed E-state index contributed by atoms with van der Waals surface area (Å²) in [6.45, 7) is 4.04. The molecule has 1 aliphatic rings. The molecule has 2 rings (SSSR count). The summed E-state index contributed by atoms with van der Waals surface area (Å²) >= 11 is 0. The van der Waals surface area contributed by atoms with Gasteiger partial charge in [0, 0.05) is 0 Å². The van der Waals surface area contributed by atoms with Gasteiger partial charge in [-0.25, -0.2) is 12.8 Å². The Morgan fingerprint density at radius 2 is 2.00 bits per heavy atom. The van der Waals surface area contributed by atoms with E-state index in [1.54, 1.807) is 0 Å². The molecule has 1 unspecified atom stereocenters. The maximum absolute atomic E-state index is 13.0. The molecule has 1 aromatic rings. The maximum atomic E-state index is 13.0. The Balaban J connectivity index is 2.13. The second kappa shape index (κ2) is 8.22. The number of aliphatic hydroxyl groups is 1. The van der Waals surface area contributed by atoms with Gasteiger partial charge < -0.3 is 15.2 Å². The SMILES string of the molecule is CC(C)C[C@H](NS(=O)(=O)c1ccc(F)cc1)C(=O)N[C@H]1CCOC1O. The second-order valence-corrected chi connectivity index (χ2v) is 8.14. The molecular weight excluding hydrogens is 351 g/mol. The minimum absolute atomic E-state index is 0.0522. The van der Waals surface area contributed by atoms with Crippen molar-refractivity contribution in [3.05, 3.63) is 30.1 Å². The van der Waals surface area contributed by atoms with Crippen molar-refractivity contribution in [2.45, 2.75) is 50.0 Å². The lowest BCUT2D eigenvalue weighted by atomic mass is 10.0. The summed E-state index contributed by atoms with van der Waals surface area (Å²) in [6.07, 6.45) is -0.376. The minimum Gasteiger partial charge on any atom is -0.366 e. The van der Waals surface area contributed by atoms with Gasteiger partial charge >= 0.3 is 0 Å². The Labute approximate surface area is 146 Å². The number of hydrogen-bond acceptors (Lipinski definition) is 5. The van der Waals surface area contributed by atoms with Crippen LogP contribution in [-0.4, -0.2) is 44.4 Å². The summed E-state index contributed by atoms with van der Waals surface area (Å²) in [6, 6.07) is 2.77. The molecular formula is C16H23FN2O5S. The van der Waals surface area contributed by atoms with Crippen molar-refractivity contribution in [3.8, 4) is 0 Å². The number of carbonyl (C=O) groups excluding carboxylic acids is 1. The third-order valence-corrected chi connectivity index (χ3v) is 5.32. The highest BCUT2D eigenvalue weighted by molar-refractivity contribution is 7.89. The number of hydrogen-bond donors (Lipinski definition) is 3. The molecule has 0 spiro atoms. The second-order valence-electron chi connectivity index (χ2n) is 6.42. The molecule has 0 saturated carbocycles. The first-order valence-electron chi connectivity index (χ1n) is 8.07. The molecule has 1 fully saturated rings. The highest BCUT2D eigenvalue weighted by Crippen LogP contribution is 2.15. The van der Waals surface area contributed by atoms with Crippen LogP contribution in [0.25, 0.3) is 0 Å². The topological polar surface area (TPSA) is 105 Å². The van der Waals surface area contributed by atoms with Gasteiger partial charge in [-0.3, -0.25) is 4.79 Å². The van der Waals surface area contributed by atoms with E-state index < -0.39 is 40.1 Å². The van der Waals surface area contributed by atoms with Crippen LogP contribution < -0.4 is 10.0 Å². The molecule has 0 radical (unpaired) electrons. The zero-order chi connectivity index (χ0) is 18.6. The summed E-state index contributed by atoms with van der Waals surface area (Å²) in [4.78, 5) is 12.4. The van der Waals surface area contributed by atoms with E-state index in [1.165, 1.54) is 0 Å². The van der Waals surface area contributed by atoms with Crippen molar-refractivity contribution >= 4 is 15.9 Å². The molecule has 140 valence electrons. The van der Waals surface area contributed by atoms with E-state index in [4.69, 9.17) is 4.74 Å². The van der Waals surface area contributed by atoms with Gasteiger partial charge in [0.05, 0.1) is 17.5 Å². The lowest BCUT2D eigenvalue weighted by Gasteiger charge is -2.23. The van der Waals surface area contributed by atoms with E-state index in [0.29, 0.717) is 13.0 Å². The molecule has 0 aromatic heterocycles. The predicted molar refractivity (Wildman–Crippen MR) is 88.5 cm³/mol. The fourth-order valence-electron chi connectivity index (χ4n) is 2.55. The van der Waals surface area contributed by atoms with Gasteiger partial charge in [0.15, 0.2) is 6.29 Å². The smallest absolute Gasteiger partial charge is 0.241 e. The summed E-state index contributed by atoms with van der Waals surface area (Å²) in [5, 5.41) is 12.2. The van der Waals surface area contributed by atoms with E-state index in [1.807, 2.05) is 13.8 Å². The highest BCUT2D eigenvalue weighted by Gasteiger charge is 2.32.